The largest absolute Gasteiger partial charge is 0.117 e. The molecular weight excluding hydrogens is 224 g/mol. The fourth-order valence-corrected chi connectivity index (χ4v) is 4.32. The zero-order valence-corrected chi connectivity index (χ0v) is 10.2. The summed E-state index contributed by atoms with van der Waals surface area (Å²) in [6, 6.07) is 17.6. The highest BCUT2D eigenvalue weighted by molar-refractivity contribution is 8.00. The van der Waals surface area contributed by atoms with E-state index in [0.29, 0.717) is 11.2 Å². The summed E-state index contributed by atoms with van der Waals surface area (Å²) >= 11 is 2.01. The Morgan fingerprint density at radius 3 is 2.53 bits per heavy atom. The average molecular weight is 236 g/mol. The van der Waals surface area contributed by atoms with Gasteiger partial charge in [0.2, 0.25) is 0 Å². The van der Waals surface area contributed by atoms with E-state index in [1.807, 2.05) is 11.8 Å². The van der Waals surface area contributed by atoms with Gasteiger partial charge in [-0.2, -0.15) is 0 Å². The first-order valence-electron chi connectivity index (χ1n) is 5.96. The van der Waals surface area contributed by atoms with Crippen LogP contribution in [0.2, 0.25) is 0 Å². The molecule has 2 aromatic carbocycles. The van der Waals surface area contributed by atoms with E-state index in [4.69, 9.17) is 0 Å². The normalized spacial score (nSPS) is 24.0. The molecule has 2 atom stereocenters. The predicted molar refractivity (Wildman–Crippen MR) is 73.3 cm³/mol. The summed E-state index contributed by atoms with van der Waals surface area (Å²) in [4.78, 5) is 1.45. The summed E-state index contributed by atoms with van der Waals surface area (Å²) in [6.07, 6.45) is 4.64. The molecule has 0 aromatic heterocycles. The van der Waals surface area contributed by atoms with Crippen LogP contribution < -0.4 is 0 Å². The Balaban J connectivity index is 1.90. The van der Waals surface area contributed by atoms with E-state index in [9.17, 15) is 0 Å². The Bertz CT molecular complexity index is 612. The van der Waals surface area contributed by atoms with Gasteiger partial charge in [0.05, 0.1) is 0 Å². The van der Waals surface area contributed by atoms with Crippen molar-refractivity contribution in [1.29, 1.82) is 0 Å². The van der Waals surface area contributed by atoms with E-state index < -0.39 is 0 Å². The molecule has 17 heavy (non-hydrogen) atoms. The molecule has 0 saturated carbocycles. The molecule has 4 rings (SSSR count). The van der Waals surface area contributed by atoms with E-state index in [1.165, 1.54) is 21.6 Å². The number of rotatable bonds is 0. The van der Waals surface area contributed by atoms with E-state index in [0.717, 1.165) is 0 Å². The fraction of sp³-hybridized carbons (Fsp3) is 0.125. The maximum absolute atomic E-state index is 2.37. The highest BCUT2D eigenvalue weighted by Gasteiger charge is 2.35. The van der Waals surface area contributed by atoms with E-state index in [-0.39, 0.29) is 0 Å². The Morgan fingerprint density at radius 2 is 1.59 bits per heavy atom. The Labute approximate surface area is 105 Å². The molecule has 0 bridgehead atoms. The van der Waals surface area contributed by atoms with Gasteiger partial charge in [0, 0.05) is 16.1 Å². The van der Waals surface area contributed by atoms with Crippen molar-refractivity contribution in [3.05, 3.63) is 71.3 Å². The number of thioether (sulfide) groups is 1. The molecule has 1 aliphatic heterocycles. The first-order valence-corrected chi connectivity index (χ1v) is 6.84. The molecule has 0 unspecified atom stereocenters. The van der Waals surface area contributed by atoms with Crippen LogP contribution in [0.4, 0.5) is 0 Å². The van der Waals surface area contributed by atoms with Crippen LogP contribution in [0.5, 0.6) is 0 Å². The third-order valence-corrected chi connectivity index (χ3v) is 5.07. The van der Waals surface area contributed by atoms with Crippen molar-refractivity contribution >= 4 is 17.8 Å². The molecule has 0 saturated heterocycles. The zero-order chi connectivity index (χ0) is 11.2. The molecule has 2 aliphatic rings. The summed E-state index contributed by atoms with van der Waals surface area (Å²) in [5, 5.41) is 0.577. The van der Waals surface area contributed by atoms with Gasteiger partial charge < -0.3 is 0 Å². The van der Waals surface area contributed by atoms with E-state index in [2.05, 4.69) is 60.7 Å². The smallest absolute Gasteiger partial charge is 0.0454 e. The molecule has 0 amide bonds. The molecule has 0 radical (unpaired) electrons. The Morgan fingerprint density at radius 1 is 0.824 bits per heavy atom. The lowest BCUT2D eigenvalue weighted by Gasteiger charge is -2.23. The SMILES string of the molecule is C1=C[C@H]2c3ccccc3S[C@H]2c2ccccc21. The van der Waals surface area contributed by atoms with Crippen molar-refractivity contribution in [2.24, 2.45) is 0 Å². The fourth-order valence-electron chi connectivity index (χ4n) is 2.83. The number of benzene rings is 2. The second kappa shape index (κ2) is 3.51. The first-order chi connectivity index (χ1) is 8.43. The number of hydrogen-bond acceptors (Lipinski definition) is 1. The summed E-state index contributed by atoms with van der Waals surface area (Å²) in [5.74, 6) is 0.561. The van der Waals surface area contributed by atoms with Gasteiger partial charge in [-0.15, -0.1) is 11.8 Å². The maximum atomic E-state index is 2.37. The van der Waals surface area contributed by atoms with Crippen molar-refractivity contribution in [3.8, 4) is 0 Å². The number of fused-ring (bicyclic) bond motifs is 5. The third kappa shape index (κ3) is 1.32. The molecule has 1 heteroatoms. The average Bonchev–Trinajstić information content (AvgIpc) is 2.78. The lowest BCUT2D eigenvalue weighted by Crippen LogP contribution is -2.06. The second-order valence-corrected chi connectivity index (χ2v) is 5.77. The summed E-state index contributed by atoms with van der Waals surface area (Å²) in [5.41, 5.74) is 4.36. The van der Waals surface area contributed by atoms with Crippen LogP contribution in [0.3, 0.4) is 0 Å². The minimum Gasteiger partial charge on any atom is -0.117 e. The van der Waals surface area contributed by atoms with Crippen LogP contribution in [-0.2, 0) is 0 Å². The van der Waals surface area contributed by atoms with Gasteiger partial charge in [-0.1, -0.05) is 54.6 Å². The Hall–Kier alpha value is -1.47. The molecule has 2 aromatic rings. The zero-order valence-electron chi connectivity index (χ0n) is 9.34. The van der Waals surface area contributed by atoms with Crippen molar-refractivity contribution in [1.82, 2.24) is 0 Å². The van der Waals surface area contributed by atoms with Crippen LogP contribution in [0, 0.1) is 0 Å². The van der Waals surface area contributed by atoms with Gasteiger partial charge >= 0.3 is 0 Å². The van der Waals surface area contributed by atoms with Crippen LogP contribution in [-0.4, -0.2) is 0 Å². The van der Waals surface area contributed by atoms with Crippen molar-refractivity contribution in [2.75, 3.05) is 0 Å². The van der Waals surface area contributed by atoms with Gasteiger partial charge in [-0.3, -0.25) is 0 Å². The monoisotopic (exact) mass is 236 g/mol. The molecule has 0 N–H and O–H groups in total. The molecule has 0 spiro atoms. The molecular formula is C16H12S. The van der Waals surface area contributed by atoms with Gasteiger partial charge in [-0.05, 0) is 22.8 Å². The van der Waals surface area contributed by atoms with Crippen LogP contribution in [0.15, 0.2) is 59.5 Å². The highest BCUT2D eigenvalue weighted by atomic mass is 32.2. The van der Waals surface area contributed by atoms with Crippen LogP contribution in [0.25, 0.3) is 6.08 Å². The van der Waals surface area contributed by atoms with Crippen LogP contribution >= 0.6 is 11.8 Å². The van der Waals surface area contributed by atoms with Crippen molar-refractivity contribution < 1.29 is 0 Å². The van der Waals surface area contributed by atoms with Gasteiger partial charge in [-0.25, -0.2) is 0 Å². The topological polar surface area (TPSA) is 0 Å². The maximum Gasteiger partial charge on any atom is 0.0454 e. The lowest BCUT2D eigenvalue weighted by atomic mass is 9.85. The predicted octanol–water partition coefficient (Wildman–Crippen LogP) is 4.64. The summed E-state index contributed by atoms with van der Waals surface area (Å²) in [6.45, 7) is 0. The van der Waals surface area contributed by atoms with Crippen molar-refractivity contribution in [2.45, 2.75) is 16.1 Å². The quantitative estimate of drug-likeness (QED) is 0.642. The van der Waals surface area contributed by atoms with Gasteiger partial charge in [0.15, 0.2) is 0 Å². The Kier molecular flexibility index (Phi) is 1.97. The lowest BCUT2D eigenvalue weighted by molar-refractivity contribution is 0.818. The van der Waals surface area contributed by atoms with Gasteiger partial charge in [0.25, 0.3) is 0 Å². The number of hydrogen-bond donors (Lipinski definition) is 0. The van der Waals surface area contributed by atoms with E-state index >= 15 is 0 Å². The molecule has 0 nitrogen and oxygen atoms in total. The standard InChI is InChI=1S/C16H12S/c1-2-6-12-11(5-1)9-10-14-13-7-3-4-8-15(13)17-16(12)14/h1-10,14,16H/t14-,16-/m0/s1. The third-order valence-electron chi connectivity index (χ3n) is 3.64. The molecule has 82 valence electrons. The summed E-state index contributed by atoms with van der Waals surface area (Å²) < 4.78 is 0. The second-order valence-electron chi connectivity index (χ2n) is 4.59. The first kappa shape index (κ1) is 9.55. The van der Waals surface area contributed by atoms with E-state index in [1.54, 1.807) is 0 Å². The van der Waals surface area contributed by atoms with Crippen molar-refractivity contribution in [3.63, 3.8) is 0 Å². The molecule has 1 aliphatic carbocycles. The minimum absolute atomic E-state index is 0.561. The molecule has 1 heterocycles. The van der Waals surface area contributed by atoms with Crippen LogP contribution in [0.1, 0.15) is 27.9 Å². The number of allylic oxidation sites excluding steroid dienone is 1. The minimum atomic E-state index is 0.561. The molecule has 0 fully saturated rings. The summed E-state index contributed by atoms with van der Waals surface area (Å²) in [7, 11) is 0. The van der Waals surface area contributed by atoms with Gasteiger partial charge in [0.1, 0.15) is 0 Å². The highest BCUT2D eigenvalue weighted by Crippen LogP contribution is 2.57.